The van der Waals surface area contributed by atoms with Crippen molar-refractivity contribution in [2.24, 2.45) is 0 Å². The lowest BCUT2D eigenvalue weighted by Gasteiger charge is -2.12. The minimum Gasteiger partial charge on any atom is -0.322 e. The number of rotatable bonds is 5. The zero-order chi connectivity index (χ0) is 22.7. The number of benzene rings is 3. The van der Waals surface area contributed by atoms with E-state index >= 15 is 0 Å². The first-order chi connectivity index (χ1) is 15.4. The average molecular weight is 446 g/mol. The predicted molar refractivity (Wildman–Crippen MR) is 124 cm³/mol. The van der Waals surface area contributed by atoms with E-state index in [4.69, 9.17) is 0 Å². The summed E-state index contributed by atoms with van der Waals surface area (Å²) in [6.07, 6.45) is 0. The van der Waals surface area contributed by atoms with Crippen molar-refractivity contribution in [3.8, 4) is 5.69 Å². The van der Waals surface area contributed by atoms with E-state index in [1.165, 1.54) is 34.6 Å². The van der Waals surface area contributed by atoms with Crippen LogP contribution in [0.3, 0.4) is 0 Å². The third kappa shape index (κ3) is 4.78. The average Bonchev–Trinajstić information content (AvgIpc) is 2.79. The normalized spacial score (nSPS) is 10.7. The Bertz CT molecular complexity index is 1310. The monoisotopic (exact) mass is 445 g/mol. The summed E-state index contributed by atoms with van der Waals surface area (Å²) in [6.45, 7) is 3.89. The van der Waals surface area contributed by atoms with Gasteiger partial charge in [0.1, 0.15) is 10.8 Å². The summed E-state index contributed by atoms with van der Waals surface area (Å²) in [4.78, 5) is 25.9. The van der Waals surface area contributed by atoms with E-state index < -0.39 is 0 Å². The van der Waals surface area contributed by atoms with Crippen LogP contribution < -0.4 is 10.9 Å². The fourth-order valence-electron chi connectivity index (χ4n) is 3.21. The molecule has 160 valence electrons. The van der Waals surface area contributed by atoms with Crippen molar-refractivity contribution in [1.82, 2.24) is 9.78 Å². The number of nitrogens with one attached hydrogen (secondary N) is 1. The lowest BCUT2D eigenvalue weighted by molar-refractivity contribution is 0.102. The molecule has 4 aromatic rings. The van der Waals surface area contributed by atoms with Crippen LogP contribution in [0.1, 0.15) is 21.5 Å². The van der Waals surface area contributed by atoms with Gasteiger partial charge in [0.15, 0.2) is 0 Å². The number of carbonyl (C=O) groups excluding carboxylic acids is 1. The van der Waals surface area contributed by atoms with Crippen molar-refractivity contribution >= 4 is 23.4 Å². The number of hydrogen-bond donors (Lipinski definition) is 1. The number of amides is 1. The third-order valence-electron chi connectivity index (χ3n) is 4.91. The molecule has 32 heavy (non-hydrogen) atoms. The smallest absolute Gasteiger partial charge is 0.271 e. The number of anilines is 1. The number of carbonyl (C=O) groups is 1. The second-order valence-corrected chi connectivity index (χ2v) is 8.34. The van der Waals surface area contributed by atoms with Crippen molar-refractivity contribution in [3.05, 3.63) is 112 Å². The minimum atomic E-state index is -0.311. The highest BCUT2D eigenvalue weighted by Gasteiger charge is 2.11. The second kappa shape index (κ2) is 9.20. The Labute approximate surface area is 188 Å². The van der Waals surface area contributed by atoms with Crippen molar-refractivity contribution in [3.63, 3.8) is 0 Å². The van der Waals surface area contributed by atoms with Gasteiger partial charge in [0, 0.05) is 22.2 Å². The van der Waals surface area contributed by atoms with Crippen LogP contribution in [0.25, 0.3) is 5.69 Å². The fourth-order valence-corrected chi connectivity index (χ4v) is 3.98. The second-order valence-electron chi connectivity index (χ2n) is 7.25. The van der Waals surface area contributed by atoms with Crippen LogP contribution in [0.4, 0.5) is 10.1 Å². The molecule has 0 fully saturated rings. The van der Waals surface area contributed by atoms with Gasteiger partial charge in [0.05, 0.1) is 5.69 Å². The molecule has 1 amide bonds. The largest absolute Gasteiger partial charge is 0.322 e. The molecule has 1 N–H and O–H groups in total. The van der Waals surface area contributed by atoms with Gasteiger partial charge in [-0.2, -0.15) is 9.78 Å². The number of hydrogen-bond acceptors (Lipinski definition) is 4. The molecule has 1 heterocycles. The van der Waals surface area contributed by atoms with E-state index in [0.29, 0.717) is 16.3 Å². The zero-order valence-electron chi connectivity index (χ0n) is 17.5. The highest BCUT2D eigenvalue weighted by molar-refractivity contribution is 7.99. The molecule has 0 spiro atoms. The third-order valence-corrected chi connectivity index (χ3v) is 5.84. The van der Waals surface area contributed by atoms with Gasteiger partial charge >= 0.3 is 0 Å². The Morgan fingerprint density at radius 2 is 1.56 bits per heavy atom. The van der Waals surface area contributed by atoms with E-state index in [9.17, 15) is 14.0 Å². The summed E-state index contributed by atoms with van der Waals surface area (Å²) in [5, 5.41) is 7.94. The fraction of sp³-hybridized carbons (Fsp3) is 0.0800. The molecule has 0 unspecified atom stereocenters. The molecule has 0 bridgehead atoms. The molecule has 0 saturated heterocycles. The summed E-state index contributed by atoms with van der Waals surface area (Å²) in [7, 11) is 0. The number of aryl methyl sites for hydroxylation is 2. The molecule has 0 atom stereocenters. The lowest BCUT2D eigenvalue weighted by atomic mass is 10.1. The summed E-state index contributed by atoms with van der Waals surface area (Å²) in [5.74, 6) is -0.538. The Kier molecular flexibility index (Phi) is 6.18. The maximum absolute atomic E-state index is 13.1. The molecule has 0 aliphatic rings. The molecule has 0 saturated carbocycles. The first kappa shape index (κ1) is 21.5. The maximum atomic E-state index is 13.1. The van der Waals surface area contributed by atoms with Crippen LogP contribution in [0.2, 0.25) is 0 Å². The van der Waals surface area contributed by atoms with Crippen molar-refractivity contribution < 1.29 is 9.18 Å². The van der Waals surface area contributed by atoms with Crippen molar-refractivity contribution in [1.29, 1.82) is 0 Å². The standard InChI is InChI=1S/C25H20FN3O2S/c1-16-4-3-5-17(2)24(16)27-25(31)18-6-10-20(11-7-18)29-23(30)15-14-22(28-29)32-21-12-8-19(26)9-13-21/h3-15H,1-2H3,(H,27,31). The van der Waals surface area contributed by atoms with Gasteiger partial charge < -0.3 is 5.32 Å². The molecule has 3 aromatic carbocycles. The zero-order valence-corrected chi connectivity index (χ0v) is 18.3. The molecular weight excluding hydrogens is 425 g/mol. The van der Waals surface area contributed by atoms with Gasteiger partial charge in [-0.3, -0.25) is 9.59 Å². The first-order valence-electron chi connectivity index (χ1n) is 9.92. The quantitative estimate of drug-likeness (QED) is 0.447. The Hall–Kier alpha value is -3.71. The highest BCUT2D eigenvalue weighted by Crippen LogP contribution is 2.25. The number of halogens is 1. The van der Waals surface area contributed by atoms with Gasteiger partial charge in [0.2, 0.25) is 0 Å². The molecule has 0 radical (unpaired) electrons. The van der Waals surface area contributed by atoms with Crippen molar-refractivity contribution in [2.75, 3.05) is 5.32 Å². The van der Waals surface area contributed by atoms with Gasteiger partial charge in [-0.15, -0.1) is 0 Å². The van der Waals surface area contributed by atoms with Gasteiger partial charge in [-0.05, 0) is 79.6 Å². The molecule has 0 aliphatic carbocycles. The van der Waals surface area contributed by atoms with Gasteiger partial charge in [-0.25, -0.2) is 4.39 Å². The molecular formula is C25H20FN3O2S. The van der Waals surface area contributed by atoms with E-state index in [0.717, 1.165) is 21.7 Å². The Morgan fingerprint density at radius 1 is 0.906 bits per heavy atom. The predicted octanol–water partition coefficient (Wildman–Crippen LogP) is 5.39. The summed E-state index contributed by atoms with van der Waals surface area (Å²) >= 11 is 1.32. The minimum absolute atomic E-state index is 0.227. The van der Waals surface area contributed by atoms with Crippen molar-refractivity contribution in [2.45, 2.75) is 23.8 Å². The summed E-state index contributed by atoms with van der Waals surface area (Å²) < 4.78 is 14.4. The molecule has 4 rings (SSSR count). The SMILES string of the molecule is Cc1cccc(C)c1NC(=O)c1ccc(-n2nc(Sc3ccc(F)cc3)ccc2=O)cc1. The van der Waals surface area contributed by atoms with E-state index in [-0.39, 0.29) is 17.3 Å². The molecule has 0 aliphatic heterocycles. The Balaban J connectivity index is 1.55. The Morgan fingerprint density at radius 3 is 2.22 bits per heavy atom. The topological polar surface area (TPSA) is 64.0 Å². The maximum Gasteiger partial charge on any atom is 0.271 e. The summed E-state index contributed by atoms with van der Waals surface area (Å²) in [6, 6.07) is 21.6. The van der Waals surface area contributed by atoms with E-state index in [2.05, 4.69) is 10.4 Å². The number of para-hydroxylation sites is 1. The van der Waals surface area contributed by atoms with Crippen LogP contribution in [0.15, 0.2) is 93.6 Å². The van der Waals surface area contributed by atoms with Crippen LogP contribution in [-0.4, -0.2) is 15.7 Å². The van der Waals surface area contributed by atoms with Crippen LogP contribution in [0, 0.1) is 19.7 Å². The van der Waals surface area contributed by atoms with E-state index in [1.807, 2.05) is 32.0 Å². The molecule has 5 nitrogen and oxygen atoms in total. The first-order valence-corrected chi connectivity index (χ1v) is 10.7. The molecule has 7 heteroatoms. The van der Waals surface area contributed by atoms with Crippen LogP contribution >= 0.6 is 11.8 Å². The highest BCUT2D eigenvalue weighted by atomic mass is 32.2. The van der Waals surface area contributed by atoms with Gasteiger partial charge in [0.25, 0.3) is 11.5 Å². The molecule has 1 aromatic heterocycles. The lowest BCUT2D eigenvalue weighted by Crippen LogP contribution is -2.20. The number of nitrogens with zero attached hydrogens (tertiary/aromatic N) is 2. The van der Waals surface area contributed by atoms with Crippen LogP contribution in [0.5, 0.6) is 0 Å². The van der Waals surface area contributed by atoms with Gasteiger partial charge in [-0.1, -0.05) is 30.0 Å². The number of aromatic nitrogens is 2. The van der Waals surface area contributed by atoms with Crippen LogP contribution in [-0.2, 0) is 0 Å². The van der Waals surface area contributed by atoms with E-state index in [1.54, 1.807) is 42.5 Å². The summed E-state index contributed by atoms with van der Waals surface area (Å²) in [5.41, 5.74) is 3.50.